The highest BCUT2D eigenvalue weighted by Crippen LogP contribution is 2.33. The molecule has 2 amide bonds. The molecule has 9 heteroatoms. The Labute approximate surface area is 175 Å². The predicted octanol–water partition coefficient (Wildman–Crippen LogP) is 3.01. The summed E-state index contributed by atoms with van der Waals surface area (Å²) in [5.41, 5.74) is 1.66. The van der Waals surface area contributed by atoms with Gasteiger partial charge in [-0.3, -0.25) is 9.59 Å². The first-order valence-corrected chi connectivity index (χ1v) is 9.78. The molecule has 2 aromatic heterocycles. The van der Waals surface area contributed by atoms with Crippen LogP contribution in [0.5, 0.6) is 0 Å². The Bertz CT molecular complexity index is 1190. The summed E-state index contributed by atoms with van der Waals surface area (Å²) in [6.07, 6.45) is 2.32. The number of nitrogens with zero attached hydrogens (tertiary/aromatic N) is 2. The standard InChI is InChI=1S/C22H17F2N5O2/c23-13-2-1-3-14(24)19(13)15-8-16(20-17(28-15)10-27-22(20)31)29-18-5-4-11(9-26-18)12-6-7-25-21(12)30/h1-5,8-9,12H,6-7,10H2,(H,25,30)(H,27,31)(H,26,28,29). The fourth-order valence-electron chi connectivity index (χ4n) is 3.94. The fraction of sp³-hybridized carbons (Fsp3) is 0.182. The van der Waals surface area contributed by atoms with Crippen LogP contribution in [0.2, 0.25) is 0 Å². The van der Waals surface area contributed by atoms with Crippen LogP contribution in [0.4, 0.5) is 20.3 Å². The van der Waals surface area contributed by atoms with Crippen LogP contribution >= 0.6 is 0 Å². The molecule has 2 aliphatic rings. The molecule has 1 aromatic carbocycles. The van der Waals surface area contributed by atoms with Crippen molar-refractivity contribution in [2.75, 3.05) is 11.9 Å². The van der Waals surface area contributed by atoms with Gasteiger partial charge < -0.3 is 16.0 Å². The third-order valence-electron chi connectivity index (χ3n) is 5.46. The summed E-state index contributed by atoms with van der Waals surface area (Å²) < 4.78 is 28.6. The summed E-state index contributed by atoms with van der Waals surface area (Å²) in [4.78, 5) is 32.8. The molecular formula is C22H17F2N5O2. The van der Waals surface area contributed by atoms with E-state index in [4.69, 9.17) is 0 Å². The van der Waals surface area contributed by atoms with Crippen molar-refractivity contribution in [1.82, 2.24) is 20.6 Å². The molecule has 1 fully saturated rings. The number of pyridine rings is 2. The van der Waals surface area contributed by atoms with Crippen molar-refractivity contribution in [2.24, 2.45) is 0 Å². The van der Waals surface area contributed by atoms with E-state index < -0.39 is 11.6 Å². The number of benzene rings is 1. The van der Waals surface area contributed by atoms with Gasteiger partial charge in [0, 0.05) is 12.7 Å². The van der Waals surface area contributed by atoms with E-state index in [-0.39, 0.29) is 35.5 Å². The van der Waals surface area contributed by atoms with Gasteiger partial charge in [0.25, 0.3) is 5.91 Å². The maximum Gasteiger partial charge on any atom is 0.255 e. The highest BCUT2D eigenvalue weighted by molar-refractivity contribution is 6.04. The van der Waals surface area contributed by atoms with E-state index in [1.807, 2.05) is 0 Å². The Morgan fingerprint density at radius 2 is 1.84 bits per heavy atom. The largest absolute Gasteiger partial charge is 0.356 e. The van der Waals surface area contributed by atoms with E-state index in [0.29, 0.717) is 35.7 Å². The van der Waals surface area contributed by atoms with Gasteiger partial charge in [0.05, 0.1) is 40.7 Å². The Morgan fingerprint density at radius 1 is 1.03 bits per heavy atom. The van der Waals surface area contributed by atoms with Crippen molar-refractivity contribution in [3.8, 4) is 11.3 Å². The number of carbonyl (C=O) groups excluding carboxylic acids is 2. The van der Waals surface area contributed by atoms with Crippen LogP contribution < -0.4 is 16.0 Å². The Balaban J connectivity index is 1.52. The second-order valence-corrected chi connectivity index (χ2v) is 7.39. The highest BCUT2D eigenvalue weighted by Gasteiger charge is 2.28. The minimum absolute atomic E-state index is 0.0253. The van der Waals surface area contributed by atoms with Crippen molar-refractivity contribution < 1.29 is 18.4 Å². The molecule has 0 radical (unpaired) electrons. The van der Waals surface area contributed by atoms with Gasteiger partial charge in [0.15, 0.2) is 0 Å². The number of nitrogens with one attached hydrogen (secondary N) is 3. The summed E-state index contributed by atoms with van der Waals surface area (Å²) >= 11 is 0. The van der Waals surface area contributed by atoms with Crippen molar-refractivity contribution in [3.05, 3.63) is 71.1 Å². The third kappa shape index (κ3) is 3.37. The van der Waals surface area contributed by atoms with E-state index in [1.54, 1.807) is 18.3 Å². The lowest BCUT2D eigenvalue weighted by Gasteiger charge is -2.13. The van der Waals surface area contributed by atoms with Crippen LogP contribution in [0.3, 0.4) is 0 Å². The SMILES string of the molecule is O=C1NCc2nc(-c3c(F)cccc3F)cc(Nc3ccc(C4CCNC4=O)cn3)c21. The molecular weight excluding hydrogens is 404 g/mol. The number of aromatic nitrogens is 2. The van der Waals surface area contributed by atoms with Gasteiger partial charge in [0.1, 0.15) is 17.5 Å². The first-order valence-electron chi connectivity index (χ1n) is 9.78. The van der Waals surface area contributed by atoms with Crippen molar-refractivity contribution >= 4 is 23.3 Å². The van der Waals surface area contributed by atoms with Crippen molar-refractivity contribution in [2.45, 2.75) is 18.9 Å². The van der Waals surface area contributed by atoms with Gasteiger partial charge in [0.2, 0.25) is 5.91 Å². The lowest BCUT2D eigenvalue weighted by Crippen LogP contribution is -2.18. The third-order valence-corrected chi connectivity index (χ3v) is 5.46. The first kappa shape index (κ1) is 19.1. The molecule has 0 spiro atoms. The summed E-state index contributed by atoms with van der Waals surface area (Å²) in [5, 5.41) is 8.52. The molecule has 3 aromatic rings. The second-order valence-electron chi connectivity index (χ2n) is 7.39. The van der Waals surface area contributed by atoms with Gasteiger partial charge in [-0.2, -0.15) is 0 Å². The van der Waals surface area contributed by atoms with Crippen LogP contribution in [0.15, 0.2) is 42.6 Å². The minimum atomic E-state index is -0.743. The van der Waals surface area contributed by atoms with E-state index in [9.17, 15) is 18.4 Å². The van der Waals surface area contributed by atoms with Gasteiger partial charge in [-0.15, -0.1) is 0 Å². The summed E-state index contributed by atoms with van der Waals surface area (Å²) in [6, 6.07) is 8.52. The molecule has 156 valence electrons. The van der Waals surface area contributed by atoms with Gasteiger partial charge in [-0.05, 0) is 36.2 Å². The Morgan fingerprint density at radius 3 is 2.52 bits per heavy atom. The molecule has 1 saturated heterocycles. The lowest BCUT2D eigenvalue weighted by atomic mass is 10.00. The number of hydrogen-bond acceptors (Lipinski definition) is 5. The van der Waals surface area contributed by atoms with E-state index in [2.05, 4.69) is 25.9 Å². The van der Waals surface area contributed by atoms with Crippen LogP contribution in [0.25, 0.3) is 11.3 Å². The average molecular weight is 421 g/mol. The smallest absolute Gasteiger partial charge is 0.255 e. The van der Waals surface area contributed by atoms with E-state index in [0.717, 1.165) is 17.7 Å². The normalized spacial score (nSPS) is 17.3. The first-order chi connectivity index (χ1) is 15.0. The molecule has 1 unspecified atom stereocenters. The van der Waals surface area contributed by atoms with Crippen molar-refractivity contribution in [3.63, 3.8) is 0 Å². The summed E-state index contributed by atoms with van der Waals surface area (Å²) in [6.45, 7) is 0.799. The Hall–Kier alpha value is -3.88. The lowest BCUT2D eigenvalue weighted by molar-refractivity contribution is -0.120. The number of rotatable bonds is 4. The van der Waals surface area contributed by atoms with E-state index in [1.165, 1.54) is 12.1 Å². The Kier molecular flexibility index (Phi) is 4.58. The minimum Gasteiger partial charge on any atom is -0.356 e. The summed E-state index contributed by atoms with van der Waals surface area (Å²) in [7, 11) is 0. The van der Waals surface area contributed by atoms with Crippen LogP contribution in [-0.2, 0) is 11.3 Å². The molecule has 3 N–H and O–H groups in total. The predicted molar refractivity (Wildman–Crippen MR) is 109 cm³/mol. The zero-order valence-electron chi connectivity index (χ0n) is 16.2. The molecule has 7 nitrogen and oxygen atoms in total. The van der Waals surface area contributed by atoms with Crippen LogP contribution in [0.1, 0.15) is 34.0 Å². The zero-order chi connectivity index (χ0) is 21.5. The van der Waals surface area contributed by atoms with Crippen LogP contribution in [-0.4, -0.2) is 28.3 Å². The number of fused-ring (bicyclic) bond motifs is 1. The average Bonchev–Trinajstić information content (AvgIpc) is 3.34. The van der Waals surface area contributed by atoms with Gasteiger partial charge in [-0.1, -0.05) is 12.1 Å². The number of anilines is 2. The monoisotopic (exact) mass is 421 g/mol. The zero-order valence-corrected chi connectivity index (χ0v) is 16.2. The number of amides is 2. The number of carbonyl (C=O) groups is 2. The van der Waals surface area contributed by atoms with E-state index >= 15 is 0 Å². The van der Waals surface area contributed by atoms with Crippen LogP contribution in [0, 0.1) is 11.6 Å². The topological polar surface area (TPSA) is 96.0 Å². The maximum absolute atomic E-state index is 14.3. The van der Waals surface area contributed by atoms with Crippen molar-refractivity contribution in [1.29, 1.82) is 0 Å². The quantitative estimate of drug-likeness (QED) is 0.602. The molecule has 0 aliphatic carbocycles. The molecule has 2 aliphatic heterocycles. The molecule has 0 saturated carbocycles. The maximum atomic E-state index is 14.3. The van der Waals surface area contributed by atoms with Gasteiger partial charge in [-0.25, -0.2) is 18.7 Å². The molecule has 0 bridgehead atoms. The molecule has 4 heterocycles. The second kappa shape index (κ2) is 7.42. The molecule has 5 rings (SSSR count). The number of halogens is 2. The summed E-state index contributed by atoms with van der Waals surface area (Å²) in [5.74, 6) is -1.64. The number of hydrogen-bond donors (Lipinski definition) is 3. The molecule has 1 atom stereocenters. The highest BCUT2D eigenvalue weighted by atomic mass is 19.1. The van der Waals surface area contributed by atoms with Gasteiger partial charge >= 0.3 is 0 Å². The fourth-order valence-corrected chi connectivity index (χ4v) is 3.94. The molecule has 31 heavy (non-hydrogen) atoms.